The number of hydrogen-bond acceptors (Lipinski definition) is 5. The summed E-state index contributed by atoms with van der Waals surface area (Å²) in [7, 11) is 3.53. The van der Waals surface area contributed by atoms with Gasteiger partial charge < -0.3 is 9.64 Å². The molecular formula is C17H22N4O2S. The van der Waals surface area contributed by atoms with E-state index < -0.39 is 0 Å². The van der Waals surface area contributed by atoms with E-state index in [1.54, 1.807) is 13.4 Å². The third kappa shape index (κ3) is 3.72. The molecule has 1 aromatic carbocycles. The zero-order valence-corrected chi connectivity index (χ0v) is 15.0. The lowest BCUT2D eigenvalue weighted by atomic mass is 10.2. The van der Waals surface area contributed by atoms with Gasteiger partial charge in [0.1, 0.15) is 12.1 Å². The van der Waals surface area contributed by atoms with Crippen molar-refractivity contribution in [3.63, 3.8) is 0 Å². The lowest BCUT2D eigenvalue weighted by Gasteiger charge is -2.24. The van der Waals surface area contributed by atoms with Gasteiger partial charge >= 0.3 is 0 Å². The summed E-state index contributed by atoms with van der Waals surface area (Å²) in [5, 5.41) is 8.82. The highest BCUT2D eigenvalue weighted by Gasteiger charge is 2.32. The Hall–Kier alpha value is -2.02. The number of nitrogens with zero attached hydrogens (tertiary/aromatic N) is 4. The lowest BCUT2D eigenvalue weighted by Crippen LogP contribution is -2.37. The van der Waals surface area contributed by atoms with Gasteiger partial charge in [-0.25, -0.2) is 0 Å². The summed E-state index contributed by atoms with van der Waals surface area (Å²) >= 11 is 1.41. The van der Waals surface area contributed by atoms with Crippen LogP contribution in [-0.2, 0) is 4.79 Å². The van der Waals surface area contributed by atoms with E-state index in [1.807, 2.05) is 40.8 Å². The highest BCUT2D eigenvalue weighted by Crippen LogP contribution is 2.35. The van der Waals surface area contributed by atoms with E-state index >= 15 is 0 Å². The lowest BCUT2D eigenvalue weighted by molar-refractivity contribution is -0.129. The van der Waals surface area contributed by atoms with Gasteiger partial charge in [-0.15, -0.1) is 10.2 Å². The number of carbonyl (C=O) groups excluding carboxylic acids is 1. The second-order valence-corrected chi connectivity index (χ2v) is 7.00. The molecular weight excluding hydrogens is 324 g/mol. The fourth-order valence-corrected chi connectivity index (χ4v) is 3.45. The molecule has 2 aromatic rings. The van der Waals surface area contributed by atoms with E-state index in [9.17, 15) is 4.79 Å². The van der Waals surface area contributed by atoms with Gasteiger partial charge in [0.25, 0.3) is 0 Å². The van der Waals surface area contributed by atoms with Gasteiger partial charge in [-0.05, 0) is 49.9 Å². The molecule has 1 aliphatic carbocycles. The topological polar surface area (TPSA) is 60.2 Å². The monoisotopic (exact) mass is 346 g/mol. The Morgan fingerprint density at radius 2 is 2.12 bits per heavy atom. The molecule has 1 amide bonds. The van der Waals surface area contributed by atoms with Crippen molar-refractivity contribution in [3.05, 3.63) is 30.6 Å². The number of rotatable bonds is 7. The Kier molecular flexibility index (Phi) is 5.08. The number of methoxy groups -OCH3 is 1. The van der Waals surface area contributed by atoms with E-state index in [2.05, 4.69) is 17.1 Å². The van der Waals surface area contributed by atoms with E-state index in [4.69, 9.17) is 4.74 Å². The molecule has 6 nitrogen and oxygen atoms in total. The molecule has 1 unspecified atom stereocenters. The second-order valence-electron chi connectivity index (χ2n) is 6.05. The molecule has 0 spiro atoms. The van der Waals surface area contributed by atoms with Crippen molar-refractivity contribution in [3.8, 4) is 11.4 Å². The molecule has 0 aliphatic heterocycles. The molecule has 24 heavy (non-hydrogen) atoms. The third-order valence-corrected chi connectivity index (χ3v) is 5.43. The molecule has 1 saturated carbocycles. The number of carbonyl (C=O) groups is 1. The third-order valence-electron chi connectivity index (χ3n) is 4.50. The van der Waals surface area contributed by atoms with E-state index in [0.29, 0.717) is 22.9 Å². The molecule has 1 fully saturated rings. The number of hydrogen-bond donors (Lipinski definition) is 0. The van der Waals surface area contributed by atoms with Gasteiger partial charge in [0.15, 0.2) is 5.16 Å². The predicted octanol–water partition coefficient (Wildman–Crippen LogP) is 2.62. The molecule has 1 heterocycles. The number of ether oxygens (including phenoxy) is 1. The van der Waals surface area contributed by atoms with Crippen molar-refractivity contribution < 1.29 is 9.53 Å². The quantitative estimate of drug-likeness (QED) is 0.721. The average molecular weight is 346 g/mol. The van der Waals surface area contributed by atoms with Gasteiger partial charge in [-0.3, -0.25) is 9.36 Å². The van der Waals surface area contributed by atoms with Crippen LogP contribution in [0.1, 0.15) is 19.8 Å². The molecule has 0 N–H and O–H groups in total. The molecule has 1 aromatic heterocycles. The number of thioether (sulfide) groups is 1. The van der Waals surface area contributed by atoms with Crippen molar-refractivity contribution >= 4 is 17.7 Å². The summed E-state index contributed by atoms with van der Waals surface area (Å²) in [5.41, 5.74) is 0.940. The van der Waals surface area contributed by atoms with Gasteiger partial charge in [-0.2, -0.15) is 0 Å². The normalized spacial score (nSPS) is 15.1. The van der Waals surface area contributed by atoms with Crippen LogP contribution in [0, 0.1) is 5.92 Å². The van der Waals surface area contributed by atoms with Crippen LogP contribution in [0.15, 0.2) is 35.7 Å². The first kappa shape index (κ1) is 16.8. The molecule has 3 rings (SSSR count). The van der Waals surface area contributed by atoms with E-state index in [1.165, 1.54) is 24.6 Å². The highest BCUT2D eigenvalue weighted by atomic mass is 32.2. The van der Waals surface area contributed by atoms with Crippen molar-refractivity contribution in [2.45, 2.75) is 31.0 Å². The molecule has 0 radical (unpaired) electrons. The Morgan fingerprint density at radius 1 is 1.42 bits per heavy atom. The molecule has 7 heteroatoms. The highest BCUT2D eigenvalue weighted by molar-refractivity contribution is 7.99. The minimum Gasteiger partial charge on any atom is -0.497 e. The molecule has 128 valence electrons. The van der Waals surface area contributed by atoms with Gasteiger partial charge in [-0.1, -0.05) is 11.8 Å². The van der Waals surface area contributed by atoms with Crippen molar-refractivity contribution in [2.24, 2.45) is 5.92 Å². The fraction of sp³-hybridized carbons (Fsp3) is 0.471. The van der Waals surface area contributed by atoms with Crippen LogP contribution in [0.25, 0.3) is 5.69 Å². The van der Waals surface area contributed by atoms with Crippen LogP contribution in [0.3, 0.4) is 0 Å². The number of amides is 1. The number of benzene rings is 1. The minimum absolute atomic E-state index is 0.128. The van der Waals surface area contributed by atoms with Crippen LogP contribution in [0.2, 0.25) is 0 Å². The Labute approximate surface area is 146 Å². The van der Waals surface area contributed by atoms with Gasteiger partial charge in [0.05, 0.1) is 12.9 Å². The molecule has 1 aliphatic rings. The zero-order chi connectivity index (χ0) is 17.1. The van der Waals surface area contributed by atoms with Crippen LogP contribution in [0.5, 0.6) is 5.75 Å². The first-order valence-corrected chi connectivity index (χ1v) is 9.01. The minimum atomic E-state index is 0.128. The van der Waals surface area contributed by atoms with E-state index in [0.717, 1.165) is 11.4 Å². The summed E-state index contributed by atoms with van der Waals surface area (Å²) in [5.74, 6) is 1.96. The maximum atomic E-state index is 12.4. The summed E-state index contributed by atoms with van der Waals surface area (Å²) < 4.78 is 7.05. The van der Waals surface area contributed by atoms with Crippen molar-refractivity contribution in [1.29, 1.82) is 0 Å². The summed E-state index contributed by atoms with van der Waals surface area (Å²) in [6, 6.07) is 7.97. The SMILES string of the molecule is COc1ccc(-n2cnnc2SCC(=O)N(C)C(C)C2CC2)cc1. The first-order valence-electron chi connectivity index (χ1n) is 8.03. The summed E-state index contributed by atoms with van der Waals surface area (Å²) in [4.78, 5) is 14.2. The van der Waals surface area contributed by atoms with Crippen LogP contribution < -0.4 is 4.74 Å². The molecule has 0 saturated heterocycles. The Balaban J connectivity index is 1.63. The van der Waals surface area contributed by atoms with Crippen LogP contribution >= 0.6 is 11.8 Å². The smallest absolute Gasteiger partial charge is 0.233 e. The fourth-order valence-electron chi connectivity index (χ4n) is 2.59. The molecule has 0 bridgehead atoms. The average Bonchev–Trinajstić information content (AvgIpc) is 3.36. The Morgan fingerprint density at radius 3 is 2.75 bits per heavy atom. The van der Waals surface area contributed by atoms with E-state index in [-0.39, 0.29) is 5.91 Å². The maximum absolute atomic E-state index is 12.4. The second kappa shape index (κ2) is 7.25. The van der Waals surface area contributed by atoms with Gasteiger partial charge in [0, 0.05) is 18.8 Å². The number of aromatic nitrogens is 3. The standard InChI is InChI=1S/C17H22N4O2S/c1-12(13-4-5-13)20(2)16(22)10-24-17-19-18-11-21(17)14-6-8-15(23-3)9-7-14/h6-9,11-13H,4-5,10H2,1-3H3. The zero-order valence-electron chi connectivity index (χ0n) is 14.2. The first-order chi connectivity index (χ1) is 11.6. The summed E-state index contributed by atoms with van der Waals surface area (Å²) in [6.45, 7) is 2.13. The summed E-state index contributed by atoms with van der Waals surface area (Å²) in [6.07, 6.45) is 4.13. The van der Waals surface area contributed by atoms with Crippen molar-refractivity contribution in [2.75, 3.05) is 19.9 Å². The predicted molar refractivity (Wildman–Crippen MR) is 93.6 cm³/mol. The Bertz CT molecular complexity index is 697. The van der Waals surface area contributed by atoms with Gasteiger partial charge in [0.2, 0.25) is 5.91 Å². The van der Waals surface area contributed by atoms with Crippen LogP contribution in [0.4, 0.5) is 0 Å². The largest absolute Gasteiger partial charge is 0.497 e. The maximum Gasteiger partial charge on any atom is 0.233 e. The molecule has 1 atom stereocenters. The van der Waals surface area contributed by atoms with Crippen molar-refractivity contribution in [1.82, 2.24) is 19.7 Å². The van der Waals surface area contributed by atoms with Crippen LogP contribution in [-0.4, -0.2) is 51.5 Å².